The Kier molecular flexibility index (Phi) is 16.0. The first-order valence-electron chi connectivity index (χ1n) is 22.6. The van der Waals surface area contributed by atoms with Crippen LogP contribution in [0.1, 0.15) is 33.4 Å². The average Bonchev–Trinajstić information content (AvgIpc) is 3.33. The SMILES string of the molecule is C=Cc1ccc(NS(=O)(=O)C(F)(F)C(F)(F)C(F)(F)S(=O)(=O)NS(=O)(=O)c2ccccc2-c2c3cc/c(=N\c4c(C)cc(OCCOCCOC)cc4C)cc-3oc3cc(Nc4c(C)cc(C)cc4C)ccc23)cc1. The van der Waals surface area contributed by atoms with Crippen LogP contribution in [0.2, 0.25) is 0 Å². The molecular weight excluding hydrogens is 1050 g/mol. The highest BCUT2D eigenvalue weighted by atomic mass is 32.3. The molecule has 0 fully saturated rings. The Bertz CT molecular complexity index is 3660. The van der Waals surface area contributed by atoms with Crippen molar-refractivity contribution in [1.82, 2.24) is 4.13 Å². The Balaban J connectivity index is 1.32. The second kappa shape index (κ2) is 21.5. The molecule has 0 bridgehead atoms. The van der Waals surface area contributed by atoms with Crippen LogP contribution >= 0.6 is 0 Å². The van der Waals surface area contributed by atoms with Crippen molar-refractivity contribution in [3.63, 3.8) is 0 Å². The molecule has 0 radical (unpaired) electrons. The third kappa shape index (κ3) is 11.3. The third-order valence-electron chi connectivity index (χ3n) is 11.8. The second-order valence-electron chi connectivity index (χ2n) is 17.4. The van der Waals surface area contributed by atoms with Gasteiger partial charge in [-0.15, -0.1) is 0 Å². The van der Waals surface area contributed by atoms with Crippen LogP contribution in [0.4, 0.5) is 49.1 Å². The predicted molar refractivity (Wildman–Crippen MR) is 275 cm³/mol. The van der Waals surface area contributed by atoms with Gasteiger partial charge in [0.25, 0.3) is 20.0 Å². The number of hydrogen-bond acceptors (Lipinski definition) is 12. The molecule has 14 nitrogen and oxygen atoms in total. The molecule has 5 aromatic carbocycles. The number of fused-ring (bicyclic) bond motifs is 2. The summed E-state index contributed by atoms with van der Waals surface area (Å²) < 4.78 is 197. The molecule has 7 rings (SSSR count). The minimum absolute atomic E-state index is 0.00685. The van der Waals surface area contributed by atoms with Crippen LogP contribution in [0.15, 0.2) is 130 Å². The molecule has 23 heteroatoms. The van der Waals surface area contributed by atoms with Gasteiger partial charge in [-0.1, -0.05) is 64.8 Å². The van der Waals surface area contributed by atoms with E-state index in [2.05, 4.69) is 11.9 Å². The largest absolute Gasteiger partial charge is 0.491 e. The molecule has 5 aromatic rings. The lowest BCUT2D eigenvalue weighted by Crippen LogP contribution is -2.63. The van der Waals surface area contributed by atoms with Gasteiger partial charge in [0.05, 0.1) is 35.8 Å². The molecule has 1 aliphatic carbocycles. The number of sulfonamides is 3. The molecule has 75 heavy (non-hydrogen) atoms. The summed E-state index contributed by atoms with van der Waals surface area (Å²) in [5.41, 5.74) is 5.59. The van der Waals surface area contributed by atoms with Gasteiger partial charge in [-0.25, -0.2) is 21.8 Å². The summed E-state index contributed by atoms with van der Waals surface area (Å²) >= 11 is 0. The summed E-state index contributed by atoms with van der Waals surface area (Å²) in [5.74, 6) is -6.66. The molecule has 1 heterocycles. The van der Waals surface area contributed by atoms with Crippen molar-refractivity contribution in [2.45, 2.75) is 55.9 Å². The maximum atomic E-state index is 15.7. The summed E-state index contributed by atoms with van der Waals surface area (Å²) in [4.78, 5) is 3.78. The summed E-state index contributed by atoms with van der Waals surface area (Å²) in [6.07, 6.45) is 1.26. The van der Waals surface area contributed by atoms with Crippen molar-refractivity contribution in [2.75, 3.05) is 43.6 Å². The summed E-state index contributed by atoms with van der Waals surface area (Å²) in [5, 5.41) is -10.1. The molecule has 3 N–H and O–H groups in total. The summed E-state index contributed by atoms with van der Waals surface area (Å²) in [6.45, 7) is 14.3. The molecule has 1 aliphatic heterocycles. The fourth-order valence-corrected chi connectivity index (χ4v) is 12.4. The zero-order valence-corrected chi connectivity index (χ0v) is 43.5. The lowest BCUT2D eigenvalue weighted by molar-refractivity contribution is -0.243. The van der Waals surface area contributed by atoms with E-state index >= 15 is 26.3 Å². The van der Waals surface area contributed by atoms with Crippen molar-refractivity contribution in [3.05, 3.63) is 155 Å². The number of alkyl halides is 6. The Morgan fingerprint density at radius 3 is 1.92 bits per heavy atom. The predicted octanol–water partition coefficient (Wildman–Crippen LogP) is 11.3. The number of anilines is 3. The molecule has 0 saturated heterocycles. The zero-order chi connectivity index (χ0) is 54.9. The summed E-state index contributed by atoms with van der Waals surface area (Å²) in [6, 6.07) is 25.1. The van der Waals surface area contributed by atoms with Crippen LogP contribution < -0.4 is 24.3 Å². The Morgan fingerprint density at radius 1 is 0.667 bits per heavy atom. The number of nitrogens with zero attached hydrogens (tertiary/aromatic N) is 1. The third-order valence-corrected chi connectivity index (χ3v) is 16.8. The minimum Gasteiger partial charge on any atom is -0.491 e. The van der Waals surface area contributed by atoms with Crippen LogP contribution in [0, 0.1) is 34.6 Å². The quantitative estimate of drug-likeness (QED) is 0.0352. The fraction of sp³-hybridized carbons (Fsp3) is 0.250. The molecule has 0 amide bonds. The maximum Gasteiger partial charge on any atom is 0.433 e. The second-order valence-corrected chi connectivity index (χ2v) is 22.7. The lowest BCUT2D eigenvalue weighted by Gasteiger charge is -2.31. The van der Waals surface area contributed by atoms with E-state index in [1.54, 1.807) is 43.5 Å². The van der Waals surface area contributed by atoms with Crippen molar-refractivity contribution < 1.29 is 70.2 Å². The first-order valence-corrected chi connectivity index (χ1v) is 27.1. The molecule has 0 saturated carbocycles. The molecule has 0 unspecified atom stereocenters. The first kappa shape index (κ1) is 56.0. The fourth-order valence-electron chi connectivity index (χ4n) is 8.17. The molecular formula is C52H50F6N4O10S3. The van der Waals surface area contributed by atoms with E-state index in [4.69, 9.17) is 23.6 Å². The zero-order valence-electron chi connectivity index (χ0n) is 41.0. The van der Waals surface area contributed by atoms with E-state index in [9.17, 15) is 25.3 Å². The van der Waals surface area contributed by atoms with Gasteiger partial charge in [-0.2, -0.15) is 34.8 Å². The van der Waals surface area contributed by atoms with E-state index < -0.39 is 57.1 Å². The number of benzene rings is 6. The normalized spacial score (nSPS) is 13.1. The molecule has 2 aliphatic rings. The van der Waals surface area contributed by atoms with E-state index in [-0.39, 0.29) is 40.0 Å². The highest BCUT2D eigenvalue weighted by Crippen LogP contribution is 2.51. The maximum absolute atomic E-state index is 15.7. The number of ether oxygens (including phenoxy) is 3. The van der Waals surface area contributed by atoms with Gasteiger partial charge < -0.3 is 23.9 Å². The molecule has 0 spiro atoms. The number of halogens is 6. The van der Waals surface area contributed by atoms with Gasteiger partial charge in [-0.3, -0.25) is 4.72 Å². The van der Waals surface area contributed by atoms with Gasteiger partial charge in [0.15, 0.2) is 0 Å². The van der Waals surface area contributed by atoms with Crippen molar-refractivity contribution in [2.24, 2.45) is 4.99 Å². The number of nitrogens with one attached hydrogen (secondary N) is 3. The van der Waals surface area contributed by atoms with Crippen LogP contribution in [-0.2, 0) is 39.5 Å². The highest BCUT2D eigenvalue weighted by Gasteiger charge is 2.82. The standard InChI is InChI=1S/C52H50F6N4O10S3/c1-8-36-13-15-37(16-14-36)61-74(65,66)51(55,56)50(53,54)52(57,58)75(67,68)62-73(63,64)46-12-10-9-11-43(46)47-41-19-17-38(59-48-32(3)25-31(2)26-33(48)4)29-44(41)72-45-30-39(18-20-42(45)47)60-49-34(5)27-40(28-35(49)6)71-24-23-70-22-21-69-7/h8-20,25-30,59,61-62H,1,21-24H2,2-7H3/b60-39+. The molecule has 398 valence electrons. The first-order chi connectivity index (χ1) is 35.1. The number of hydrogen-bond donors (Lipinski definition) is 3. The highest BCUT2D eigenvalue weighted by molar-refractivity contribution is 8.05. The van der Waals surface area contributed by atoms with Gasteiger partial charge >= 0.3 is 26.5 Å². The van der Waals surface area contributed by atoms with E-state index in [1.165, 1.54) is 30.3 Å². The van der Waals surface area contributed by atoms with E-state index in [1.807, 2.05) is 46.8 Å². The van der Waals surface area contributed by atoms with Crippen LogP contribution in [0.25, 0.3) is 39.5 Å². The Hall–Kier alpha value is -6.76. The number of aryl methyl sites for hydroxylation is 5. The van der Waals surface area contributed by atoms with Gasteiger partial charge in [0, 0.05) is 58.4 Å². The number of methoxy groups -OCH3 is 1. The minimum atomic E-state index is -7.49. The molecule has 0 aromatic heterocycles. The van der Waals surface area contributed by atoms with E-state index in [0.717, 1.165) is 74.6 Å². The van der Waals surface area contributed by atoms with Gasteiger partial charge in [-0.05, 0) is 117 Å². The van der Waals surface area contributed by atoms with Gasteiger partial charge in [0.1, 0.15) is 23.7 Å². The Labute approximate surface area is 429 Å². The Morgan fingerprint density at radius 2 is 1.28 bits per heavy atom. The van der Waals surface area contributed by atoms with Gasteiger partial charge in [0.2, 0.25) is 0 Å². The smallest absolute Gasteiger partial charge is 0.433 e. The molecule has 0 atom stereocenters. The monoisotopic (exact) mass is 1100 g/mol. The number of rotatable bonds is 21. The van der Waals surface area contributed by atoms with Crippen molar-refractivity contribution in [3.8, 4) is 28.2 Å². The summed E-state index contributed by atoms with van der Waals surface area (Å²) in [7, 11) is -18.8. The van der Waals surface area contributed by atoms with Crippen LogP contribution in [0.3, 0.4) is 0 Å². The topological polar surface area (TPSA) is 192 Å². The van der Waals surface area contributed by atoms with Crippen LogP contribution in [0.5, 0.6) is 5.75 Å². The average molecular weight is 1100 g/mol. The van der Waals surface area contributed by atoms with Crippen LogP contribution in [-0.4, -0.2) is 75.2 Å². The van der Waals surface area contributed by atoms with Crippen molar-refractivity contribution in [1.29, 1.82) is 0 Å². The van der Waals surface area contributed by atoms with E-state index in [0.29, 0.717) is 52.0 Å². The van der Waals surface area contributed by atoms with Crippen molar-refractivity contribution >= 4 is 69.9 Å². The lowest BCUT2D eigenvalue weighted by atomic mass is 9.93.